The summed E-state index contributed by atoms with van der Waals surface area (Å²) in [5, 5.41) is 3.29. The molecule has 7 nitrogen and oxygen atoms in total. The van der Waals surface area contributed by atoms with Crippen molar-refractivity contribution < 1.29 is 31.2 Å². The van der Waals surface area contributed by atoms with Crippen molar-refractivity contribution in [3.8, 4) is 0 Å². The summed E-state index contributed by atoms with van der Waals surface area (Å²) in [5.74, 6) is -1.20. The Balaban J connectivity index is 2.50. The lowest BCUT2D eigenvalue weighted by Gasteiger charge is -2.34. The number of anilines is 1. The number of halogens is 4. The standard InChI is InChI=1S/C25H31ClF3N3O4S/c1-6-21(23(34)30-24(2,3)4)31(15-17-10-12-19(26)13-11-17)22(33)16-32(37(5,35)36)20-9-7-8-18(14-20)25(27,28)29/h7-14,21H,6,15-16H2,1-5H3,(H,30,34)/t21-/m1/s1. The zero-order chi connectivity index (χ0) is 28.2. The molecule has 0 aliphatic carbocycles. The quantitative estimate of drug-likeness (QED) is 0.474. The van der Waals surface area contributed by atoms with Gasteiger partial charge in [0.05, 0.1) is 17.5 Å². The van der Waals surface area contributed by atoms with Crippen LogP contribution < -0.4 is 9.62 Å². The number of rotatable bonds is 9. The highest BCUT2D eigenvalue weighted by molar-refractivity contribution is 7.92. The third kappa shape index (κ3) is 8.92. The summed E-state index contributed by atoms with van der Waals surface area (Å²) in [6, 6.07) is 9.31. The SMILES string of the molecule is CC[C@H](C(=O)NC(C)(C)C)N(Cc1ccc(Cl)cc1)C(=O)CN(c1cccc(C(F)(F)F)c1)S(C)(=O)=O. The van der Waals surface area contributed by atoms with Gasteiger partial charge in [-0.1, -0.05) is 36.7 Å². The second kappa shape index (κ2) is 11.7. The van der Waals surface area contributed by atoms with E-state index in [1.807, 2.05) is 0 Å². The van der Waals surface area contributed by atoms with Gasteiger partial charge < -0.3 is 10.2 Å². The lowest BCUT2D eigenvalue weighted by Crippen LogP contribution is -2.55. The first-order valence-electron chi connectivity index (χ1n) is 11.4. The summed E-state index contributed by atoms with van der Waals surface area (Å²) in [5.41, 5.74) is -1.34. The molecule has 0 unspecified atom stereocenters. The predicted octanol–water partition coefficient (Wildman–Crippen LogP) is 4.85. The molecule has 0 saturated heterocycles. The first kappa shape index (κ1) is 30.4. The number of hydrogen-bond donors (Lipinski definition) is 1. The maximum atomic E-state index is 13.6. The number of sulfonamides is 1. The van der Waals surface area contributed by atoms with E-state index in [0.717, 1.165) is 18.4 Å². The Morgan fingerprint density at radius 2 is 1.65 bits per heavy atom. The summed E-state index contributed by atoms with van der Waals surface area (Å²) in [6.07, 6.45) is -3.69. The number of alkyl halides is 3. The fourth-order valence-corrected chi connectivity index (χ4v) is 4.58. The van der Waals surface area contributed by atoms with Crippen molar-refractivity contribution in [2.75, 3.05) is 17.1 Å². The molecule has 12 heteroatoms. The van der Waals surface area contributed by atoms with Crippen molar-refractivity contribution in [3.05, 3.63) is 64.7 Å². The van der Waals surface area contributed by atoms with Crippen LogP contribution in [0.2, 0.25) is 5.02 Å². The Morgan fingerprint density at radius 3 is 2.14 bits per heavy atom. The van der Waals surface area contributed by atoms with Crippen LogP contribution in [0.1, 0.15) is 45.2 Å². The first-order chi connectivity index (χ1) is 16.9. The van der Waals surface area contributed by atoms with Gasteiger partial charge in [-0.3, -0.25) is 13.9 Å². The topological polar surface area (TPSA) is 86.8 Å². The van der Waals surface area contributed by atoms with Crippen molar-refractivity contribution in [3.63, 3.8) is 0 Å². The van der Waals surface area contributed by atoms with Gasteiger partial charge in [-0.2, -0.15) is 13.2 Å². The van der Waals surface area contributed by atoms with Gasteiger partial charge in [0.25, 0.3) is 0 Å². The number of benzene rings is 2. The average molecular weight is 562 g/mol. The predicted molar refractivity (Wildman–Crippen MR) is 138 cm³/mol. The molecule has 0 aliphatic heterocycles. The lowest BCUT2D eigenvalue weighted by molar-refractivity contribution is -0.141. The summed E-state index contributed by atoms with van der Waals surface area (Å²) in [4.78, 5) is 27.9. The molecule has 0 spiro atoms. The Hall–Kier alpha value is -2.79. The Morgan fingerprint density at radius 1 is 1.05 bits per heavy atom. The van der Waals surface area contributed by atoms with E-state index >= 15 is 0 Å². The van der Waals surface area contributed by atoms with Crippen LogP contribution in [0.5, 0.6) is 0 Å². The van der Waals surface area contributed by atoms with E-state index in [4.69, 9.17) is 11.6 Å². The molecule has 1 N–H and O–H groups in total. The molecule has 2 amide bonds. The second-order valence-electron chi connectivity index (χ2n) is 9.63. The third-order valence-corrected chi connectivity index (χ3v) is 6.68. The van der Waals surface area contributed by atoms with Gasteiger partial charge in [0.15, 0.2) is 0 Å². The van der Waals surface area contributed by atoms with Gasteiger partial charge in [0, 0.05) is 17.1 Å². The maximum Gasteiger partial charge on any atom is 0.416 e. The summed E-state index contributed by atoms with van der Waals surface area (Å²) in [6.45, 7) is 6.20. The van der Waals surface area contributed by atoms with Gasteiger partial charge in [-0.25, -0.2) is 8.42 Å². The van der Waals surface area contributed by atoms with Crippen LogP contribution in [0.4, 0.5) is 18.9 Å². The first-order valence-corrected chi connectivity index (χ1v) is 13.7. The van der Waals surface area contributed by atoms with Gasteiger partial charge in [-0.15, -0.1) is 0 Å². The van der Waals surface area contributed by atoms with E-state index in [2.05, 4.69) is 5.32 Å². The number of amides is 2. The Kier molecular flexibility index (Phi) is 9.64. The van der Waals surface area contributed by atoms with Crippen LogP contribution in [-0.2, 0) is 32.3 Å². The molecule has 0 aliphatic rings. The molecule has 2 aromatic carbocycles. The monoisotopic (exact) mass is 561 g/mol. The number of nitrogens with zero attached hydrogens (tertiary/aromatic N) is 2. The summed E-state index contributed by atoms with van der Waals surface area (Å²) < 4.78 is 65.6. The maximum absolute atomic E-state index is 13.6. The average Bonchev–Trinajstić information content (AvgIpc) is 2.76. The molecule has 37 heavy (non-hydrogen) atoms. The molecule has 2 rings (SSSR count). The van der Waals surface area contributed by atoms with Crippen molar-refractivity contribution in [2.45, 2.75) is 58.4 Å². The van der Waals surface area contributed by atoms with E-state index in [0.29, 0.717) is 21.0 Å². The largest absolute Gasteiger partial charge is 0.416 e. The van der Waals surface area contributed by atoms with E-state index in [-0.39, 0.29) is 18.7 Å². The van der Waals surface area contributed by atoms with Crippen LogP contribution >= 0.6 is 11.6 Å². The molecule has 0 heterocycles. The van der Waals surface area contributed by atoms with E-state index in [1.54, 1.807) is 52.0 Å². The highest BCUT2D eigenvalue weighted by Crippen LogP contribution is 2.32. The minimum Gasteiger partial charge on any atom is -0.350 e. The molecule has 0 aromatic heterocycles. The van der Waals surface area contributed by atoms with Crippen LogP contribution in [0.15, 0.2) is 48.5 Å². The highest BCUT2D eigenvalue weighted by atomic mass is 35.5. The second-order valence-corrected chi connectivity index (χ2v) is 12.0. The van der Waals surface area contributed by atoms with Crippen LogP contribution in [0, 0.1) is 0 Å². The van der Waals surface area contributed by atoms with Gasteiger partial charge in [0.1, 0.15) is 12.6 Å². The molecule has 2 aromatic rings. The van der Waals surface area contributed by atoms with Gasteiger partial charge in [0.2, 0.25) is 21.8 Å². The molecule has 0 fully saturated rings. The zero-order valence-electron chi connectivity index (χ0n) is 21.3. The molecular formula is C25H31ClF3N3O4S. The van der Waals surface area contributed by atoms with Crippen LogP contribution in [-0.4, -0.2) is 49.5 Å². The normalized spacial score (nSPS) is 13.1. The van der Waals surface area contributed by atoms with Gasteiger partial charge in [-0.05, 0) is 63.1 Å². The number of hydrogen-bond acceptors (Lipinski definition) is 4. The molecule has 0 radical (unpaired) electrons. The minimum absolute atomic E-state index is 0.0493. The van der Waals surface area contributed by atoms with Crippen LogP contribution in [0.3, 0.4) is 0 Å². The van der Waals surface area contributed by atoms with E-state index in [9.17, 15) is 31.2 Å². The van der Waals surface area contributed by atoms with Crippen molar-refractivity contribution in [1.29, 1.82) is 0 Å². The van der Waals surface area contributed by atoms with Gasteiger partial charge >= 0.3 is 6.18 Å². The molecule has 0 bridgehead atoms. The smallest absolute Gasteiger partial charge is 0.350 e. The molecule has 0 saturated carbocycles. The fraction of sp³-hybridized carbons (Fsp3) is 0.440. The third-order valence-electron chi connectivity index (χ3n) is 5.29. The Bertz CT molecular complexity index is 1210. The van der Waals surface area contributed by atoms with Crippen molar-refractivity contribution >= 4 is 39.1 Å². The van der Waals surface area contributed by atoms with Crippen molar-refractivity contribution in [2.24, 2.45) is 0 Å². The summed E-state index contributed by atoms with van der Waals surface area (Å²) in [7, 11) is -4.17. The molecular weight excluding hydrogens is 531 g/mol. The van der Waals surface area contributed by atoms with Crippen LogP contribution in [0.25, 0.3) is 0 Å². The number of carbonyl (C=O) groups excluding carboxylic acids is 2. The minimum atomic E-state index is -4.71. The zero-order valence-corrected chi connectivity index (χ0v) is 22.8. The molecule has 204 valence electrons. The highest BCUT2D eigenvalue weighted by Gasteiger charge is 2.35. The summed E-state index contributed by atoms with van der Waals surface area (Å²) >= 11 is 5.96. The van der Waals surface area contributed by atoms with Crippen molar-refractivity contribution in [1.82, 2.24) is 10.2 Å². The Labute approximate surface area is 220 Å². The van der Waals surface area contributed by atoms with E-state index in [1.165, 1.54) is 11.0 Å². The lowest BCUT2D eigenvalue weighted by atomic mass is 10.1. The number of nitrogens with one attached hydrogen (secondary N) is 1. The van der Waals surface area contributed by atoms with E-state index < -0.39 is 51.7 Å². The molecule has 1 atom stereocenters. The fourth-order valence-electron chi connectivity index (χ4n) is 3.61. The number of carbonyl (C=O) groups is 2.